The summed E-state index contributed by atoms with van der Waals surface area (Å²) >= 11 is 6.26. The first kappa shape index (κ1) is 20.4. The van der Waals surface area contributed by atoms with Gasteiger partial charge in [0.25, 0.3) is 5.91 Å². The summed E-state index contributed by atoms with van der Waals surface area (Å²) in [6.45, 7) is 0. The Balaban J connectivity index is 1.71. The van der Waals surface area contributed by atoms with Gasteiger partial charge in [-0.25, -0.2) is 4.79 Å². The molecule has 0 saturated carbocycles. The number of hydrogen-bond donors (Lipinski definition) is 0. The number of imidazole rings is 1. The van der Waals surface area contributed by atoms with Gasteiger partial charge >= 0.3 is 11.9 Å². The van der Waals surface area contributed by atoms with E-state index in [0.29, 0.717) is 11.1 Å². The van der Waals surface area contributed by atoms with Gasteiger partial charge in [-0.3, -0.25) is 18.8 Å². The fourth-order valence-corrected chi connectivity index (χ4v) is 4.58. The lowest BCUT2D eigenvalue weighted by atomic mass is 10.1. The molecule has 1 fully saturated rings. The first-order valence-corrected chi connectivity index (χ1v) is 9.91. The first-order chi connectivity index (χ1) is 14.1. The van der Waals surface area contributed by atoms with Crippen LogP contribution in [0, 0.1) is 0 Å². The number of thiocarbonyl (C=S) groups is 1. The van der Waals surface area contributed by atoms with Gasteiger partial charge in [0.2, 0.25) is 0 Å². The molecule has 0 aliphatic carbocycles. The molecule has 1 aromatic heterocycles. The zero-order chi connectivity index (χ0) is 21.8. The normalized spacial score (nSPS) is 16.3. The number of aromatic nitrogens is 2. The maximum atomic E-state index is 13.0. The van der Waals surface area contributed by atoms with Crippen LogP contribution in [0.3, 0.4) is 0 Å². The van der Waals surface area contributed by atoms with Crippen LogP contribution in [0.15, 0.2) is 52.2 Å². The third-order valence-electron chi connectivity index (χ3n) is 4.82. The molecule has 1 saturated heterocycles. The summed E-state index contributed by atoms with van der Waals surface area (Å²) in [4.78, 5) is 26.3. The van der Waals surface area contributed by atoms with Gasteiger partial charge < -0.3 is 0 Å². The topological polar surface area (TPSA) is 47.2 Å². The van der Waals surface area contributed by atoms with Crippen molar-refractivity contribution in [2.45, 2.75) is 6.18 Å². The number of halogens is 3. The molecule has 5 nitrogen and oxygen atoms in total. The second kappa shape index (κ2) is 7.13. The van der Waals surface area contributed by atoms with Crippen LogP contribution < -0.4 is 10.6 Å². The largest absolute Gasteiger partial charge is 0.416 e. The molecule has 4 rings (SSSR count). The number of nitrogens with zero attached hydrogens (tertiary/aromatic N) is 3. The predicted octanol–water partition coefficient (Wildman–Crippen LogP) is 4.30. The summed E-state index contributed by atoms with van der Waals surface area (Å²) < 4.78 is 42.2. The van der Waals surface area contributed by atoms with Crippen molar-refractivity contribution in [1.29, 1.82) is 0 Å². The molecule has 3 aromatic rings. The summed E-state index contributed by atoms with van der Waals surface area (Å²) in [6, 6.07) is 9.80. The average molecular weight is 449 g/mol. The van der Waals surface area contributed by atoms with E-state index in [1.54, 1.807) is 38.4 Å². The van der Waals surface area contributed by atoms with Crippen LogP contribution >= 0.6 is 24.0 Å². The quantitative estimate of drug-likeness (QED) is 0.432. The Morgan fingerprint density at radius 1 is 1.00 bits per heavy atom. The highest BCUT2D eigenvalue weighted by atomic mass is 32.2. The lowest BCUT2D eigenvalue weighted by Gasteiger charge is -2.16. The zero-order valence-electron chi connectivity index (χ0n) is 15.7. The SMILES string of the molecule is Cn1c(=O)n(C)c2cc(/C=C3\SC(=S)N(c4cccc(C(F)(F)F)c4)C3=O)ccc21. The number of carbonyl (C=O) groups is 1. The lowest BCUT2D eigenvalue weighted by Crippen LogP contribution is -2.27. The molecule has 154 valence electrons. The van der Waals surface area contributed by atoms with Gasteiger partial charge in [0.15, 0.2) is 4.32 Å². The van der Waals surface area contributed by atoms with E-state index in [-0.39, 0.29) is 20.6 Å². The van der Waals surface area contributed by atoms with Gasteiger partial charge in [0.05, 0.1) is 27.2 Å². The van der Waals surface area contributed by atoms with Crippen LogP contribution in [0.4, 0.5) is 18.9 Å². The molecular weight excluding hydrogens is 435 g/mol. The summed E-state index contributed by atoms with van der Waals surface area (Å²) in [6.07, 6.45) is -2.91. The minimum atomic E-state index is -4.52. The predicted molar refractivity (Wildman–Crippen MR) is 115 cm³/mol. The van der Waals surface area contributed by atoms with E-state index in [4.69, 9.17) is 12.2 Å². The molecule has 1 aliphatic heterocycles. The van der Waals surface area contributed by atoms with E-state index in [1.165, 1.54) is 21.3 Å². The number of amides is 1. The highest BCUT2D eigenvalue weighted by molar-refractivity contribution is 8.27. The Bertz CT molecular complexity index is 1300. The third-order valence-corrected chi connectivity index (χ3v) is 6.12. The van der Waals surface area contributed by atoms with E-state index in [2.05, 4.69) is 0 Å². The lowest BCUT2D eigenvalue weighted by molar-refractivity contribution is -0.137. The van der Waals surface area contributed by atoms with Crippen molar-refractivity contribution >= 4 is 57.0 Å². The molecule has 0 bridgehead atoms. The molecule has 0 spiro atoms. The van der Waals surface area contributed by atoms with Crippen molar-refractivity contribution in [3.63, 3.8) is 0 Å². The van der Waals surface area contributed by atoms with Gasteiger partial charge in [-0.05, 0) is 42.0 Å². The third kappa shape index (κ3) is 3.35. The molecule has 1 amide bonds. The number of anilines is 1. The highest BCUT2D eigenvalue weighted by Crippen LogP contribution is 2.38. The van der Waals surface area contributed by atoms with Crippen molar-refractivity contribution in [1.82, 2.24) is 9.13 Å². The second-order valence-electron chi connectivity index (χ2n) is 6.71. The molecule has 1 aliphatic rings. The van der Waals surface area contributed by atoms with E-state index >= 15 is 0 Å². The average Bonchev–Trinajstić information content (AvgIpc) is 3.09. The Morgan fingerprint density at radius 3 is 2.40 bits per heavy atom. The monoisotopic (exact) mass is 449 g/mol. The van der Waals surface area contributed by atoms with Gasteiger partial charge in [-0.15, -0.1) is 0 Å². The Labute approximate surface area is 178 Å². The van der Waals surface area contributed by atoms with Crippen molar-refractivity contribution < 1.29 is 18.0 Å². The van der Waals surface area contributed by atoms with Gasteiger partial charge in [0.1, 0.15) is 0 Å². The van der Waals surface area contributed by atoms with Crippen LogP contribution in [0.25, 0.3) is 17.1 Å². The summed E-state index contributed by atoms with van der Waals surface area (Å²) in [5.74, 6) is -0.494. The molecule has 2 aromatic carbocycles. The number of carbonyl (C=O) groups excluding carboxylic acids is 1. The van der Waals surface area contributed by atoms with Crippen LogP contribution in [0.1, 0.15) is 11.1 Å². The van der Waals surface area contributed by atoms with Gasteiger partial charge in [-0.2, -0.15) is 13.2 Å². The molecule has 0 radical (unpaired) electrons. The van der Waals surface area contributed by atoms with Crippen molar-refractivity contribution in [2.24, 2.45) is 14.1 Å². The van der Waals surface area contributed by atoms with E-state index in [0.717, 1.165) is 34.3 Å². The number of alkyl halides is 3. The number of thioether (sulfide) groups is 1. The van der Waals surface area contributed by atoms with Crippen molar-refractivity contribution in [2.75, 3.05) is 4.90 Å². The maximum Gasteiger partial charge on any atom is 0.416 e. The van der Waals surface area contributed by atoms with Gasteiger partial charge in [0, 0.05) is 14.1 Å². The summed E-state index contributed by atoms with van der Waals surface area (Å²) in [5, 5.41) is 0. The second-order valence-corrected chi connectivity index (χ2v) is 8.39. The molecule has 10 heteroatoms. The van der Waals surface area contributed by atoms with Crippen LogP contribution in [-0.4, -0.2) is 19.4 Å². The fourth-order valence-electron chi connectivity index (χ4n) is 3.28. The fraction of sp³-hybridized carbons (Fsp3) is 0.150. The number of benzene rings is 2. The van der Waals surface area contributed by atoms with E-state index in [9.17, 15) is 22.8 Å². The number of aryl methyl sites for hydroxylation is 2. The summed E-state index contributed by atoms with van der Waals surface area (Å²) in [7, 11) is 3.33. The smallest absolute Gasteiger partial charge is 0.295 e. The van der Waals surface area contributed by atoms with Crippen LogP contribution in [0.5, 0.6) is 0 Å². The highest BCUT2D eigenvalue weighted by Gasteiger charge is 2.36. The van der Waals surface area contributed by atoms with Crippen LogP contribution in [-0.2, 0) is 25.1 Å². The van der Waals surface area contributed by atoms with Crippen LogP contribution in [0.2, 0.25) is 0 Å². The molecule has 2 heterocycles. The number of hydrogen-bond acceptors (Lipinski definition) is 4. The van der Waals surface area contributed by atoms with E-state index in [1.807, 2.05) is 0 Å². The Morgan fingerprint density at radius 2 is 1.70 bits per heavy atom. The van der Waals surface area contributed by atoms with Gasteiger partial charge in [-0.1, -0.05) is 36.1 Å². The molecule has 0 N–H and O–H groups in total. The Kier molecular flexibility index (Phi) is 4.86. The first-order valence-electron chi connectivity index (χ1n) is 8.68. The van der Waals surface area contributed by atoms with Crippen molar-refractivity contribution in [3.05, 3.63) is 69.0 Å². The van der Waals surface area contributed by atoms with E-state index < -0.39 is 17.6 Å². The molecular formula is C20H14F3N3O2S2. The van der Waals surface area contributed by atoms with Crippen molar-refractivity contribution in [3.8, 4) is 0 Å². The minimum absolute atomic E-state index is 0.0663. The minimum Gasteiger partial charge on any atom is -0.295 e. The number of fused-ring (bicyclic) bond motifs is 1. The maximum absolute atomic E-state index is 13.0. The Hall–Kier alpha value is -2.85. The zero-order valence-corrected chi connectivity index (χ0v) is 17.4. The summed E-state index contributed by atoms with van der Waals surface area (Å²) in [5.41, 5.74) is 1.16. The molecule has 0 atom stereocenters. The number of rotatable bonds is 2. The molecule has 30 heavy (non-hydrogen) atoms. The molecule has 0 unspecified atom stereocenters. The standard InChI is InChI=1S/C20H14F3N3O2S2/c1-24-14-7-6-11(8-15(14)25(2)18(24)28)9-16-17(27)26(19(29)30-16)13-5-3-4-12(10-13)20(21,22)23/h3-10H,1-2H3/b16-9-.